The van der Waals surface area contributed by atoms with Gasteiger partial charge in [0.2, 0.25) is 5.95 Å². The van der Waals surface area contributed by atoms with Crippen molar-refractivity contribution in [2.75, 3.05) is 12.3 Å². The fourth-order valence-corrected chi connectivity index (χ4v) is 3.00. The molecule has 29 heavy (non-hydrogen) atoms. The van der Waals surface area contributed by atoms with E-state index in [2.05, 4.69) is 15.0 Å². The summed E-state index contributed by atoms with van der Waals surface area (Å²) in [5.41, 5.74) is 5.89. The number of nitrogens with two attached hydrogens (primary N) is 1. The van der Waals surface area contributed by atoms with Crippen molar-refractivity contribution in [3.8, 4) is 11.6 Å². The van der Waals surface area contributed by atoms with E-state index in [1.165, 1.54) is 35.2 Å². The first-order valence-electron chi connectivity index (χ1n) is 8.40. The molecule has 0 radical (unpaired) electrons. The summed E-state index contributed by atoms with van der Waals surface area (Å²) >= 11 is 0. The first kappa shape index (κ1) is 18.9. The molecule has 4 rings (SSSR count). The monoisotopic (exact) mass is 406 g/mol. The van der Waals surface area contributed by atoms with Crippen LogP contribution in [-0.4, -0.2) is 59.6 Å². The van der Waals surface area contributed by atoms with E-state index < -0.39 is 36.1 Å². The average Bonchev–Trinajstić information content (AvgIpc) is 3.23. The minimum Gasteiger partial charge on any atom is -0.437 e. The van der Waals surface area contributed by atoms with E-state index in [1.807, 2.05) is 0 Å². The minimum atomic E-state index is -1.79. The Hall–Kier alpha value is -3.42. The molecule has 2 aromatic heterocycles. The highest BCUT2D eigenvalue weighted by molar-refractivity contribution is 5.78. The van der Waals surface area contributed by atoms with Crippen molar-refractivity contribution in [1.29, 1.82) is 0 Å². The number of ether oxygens (including phenoxy) is 2. The number of nitrogen functional groups attached to an aromatic ring is 1. The molecular weight excluding hydrogens is 391 g/mol. The molecule has 1 aliphatic rings. The van der Waals surface area contributed by atoms with Crippen LogP contribution in [0.25, 0.3) is 11.2 Å². The van der Waals surface area contributed by atoms with E-state index in [4.69, 9.17) is 15.2 Å². The molecule has 1 aromatic carbocycles. The SMILES string of the molecule is Nc1nc(Oc2ccc([N+](=O)[O-])cc2)c2ncn([C@@H]3O[C@H](CO)[C@H](F)[C@H]3O)c2n1. The number of aromatic nitrogens is 4. The van der Waals surface area contributed by atoms with Crippen LogP contribution >= 0.6 is 0 Å². The standard InChI is InChI=1S/C16H15FN6O6/c17-10-9(5-24)29-15(12(10)25)22-6-19-11-13(22)20-16(18)21-14(11)28-8-3-1-7(2-4-8)23(26)27/h1-4,6,9-10,12,15,24-25H,5H2,(H2,18,20,21)/t9-,10+,12-,15-/m1/s1. The van der Waals surface area contributed by atoms with Gasteiger partial charge in [0.1, 0.15) is 18.0 Å². The number of aliphatic hydroxyl groups excluding tert-OH is 2. The molecule has 152 valence electrons. The molecule has 0 saturated carbocycles. The van der Waals surface area contributed by atoms with Gasteiger partial charge in [-0.3, -0.25) is 14.7 Å². The van der Waals surface area contributed by atoms with Gasteiger partial charge in [0.25, 0.3) is 11.6 Å². The number of benzene rings is 1. The molecule has 13 heteroatoms. The van der Waals surface area contributed by atoms with Crippen molar-refractivity contribution >= 4 is 22.8 Å². The Morgan fingerprint density at radius 3 is 2.69 bits per heavy atom. The van der Waals surface area contributed by atoms with Gasteiger partial charge in [0, 0.05) is 12.1 Å². The summed E-state index contributed by atoms with van der Waals surface area (Å²) in [6.07, 6.45) is -4.48. The second-order valence-corrected chi connectivity index (χ2v) is 6.25. The molecular formula is C16H15FN6O6. The molecule has 1 fully saturated rings. The number of hydrogen-bond donors (Lipinski definition) is 3. The van der Waals surface area contributed by atoms with E-state index in [0.29, 0.717) is 0 Å². The third-order valence-electron chi connectivity index (χ3n) is 4.41. The van der Waals surface area contributed by atoms with Gasteiger partial charge >= 0.3 is 0 Å². The summed E-state index contributed by atoms with van der Waals surface area (Å²) in [5.74, 6) is 0.0214. The largest absolute Gasteiger partial charge is 0.437 e. The average molecular weight is 406 g/mol. The second kappa shape index (κ2) is 7.20. The number of aliphatic hydroxyl groups is 2. The van der Waals surface area contributed by atoms with Gasteiger partial charge in [0.05, 0.1) is 17.9 Å². The lowest BCUT2D eigenvalue weighted by molar-refractivity contribution is -0.384. The smallest absolute Gasteiger partial charge is 0.269 e. The van der Waals surface area contributed by atoms with E-state index >= 15 is 0 Å². The predicted molar refractivity (Wildman–Crippen MR) is 94.8 cm³/mol. The molecule has 0 spiro atoms. The van der Waals surface area contributed by atoms with Crippen molar-refractivity contribution < 1.29 is 29.0 Å². The number of nitro groups is 1. The summed E-state index contributed by atoms with van der Waals surface area (Å²) in [7, 11) is 0. The van der Waals surface area contributed by atoms with Crippen molar-refractivity contribution in [3.63, 3.8) is 0 Å². The van der Waals surface area contributed by atoms with Crippen molar-refractivity contribution in [3.05, 3.63) is 40.7 Å². The molecule has 4 atom stereocenters. The fraction of sp³-hybridized carbons (Fsp3) is 0.312. The van der Waals surface area contributed by atoms with Gasteiger partial charge in [0.15, 0.2) is 23.6 Å². The Kier molecular flexibility index (Phi) is 4.70. The lowest BCUT2D eigenvalue weighted by Gasteiger charge is -2.16. The van der Waals surface area contributed by atoms with Crippen LogP contribution < -0.4 is 10.5 Å². The first-order chi connectivity index (χ1) is 13.9. The van der Waals surface area contributed by atoms with Gasteiger partial charge in [-0.25, -0.2) is 9.37 Å². The molecule has 4 N–H and O–H groups in total. The van der Waals surface area contributed by atoms with Crippen LogP contribution in [0.2, 0.25) is 0 Å². The number of nitrogens with zero attached hydrogens (tertiary/aromatic N) is 5. The third-order valence-corrected chi connectivity index (χ3v) is 4.41. The van der Waals surface area contributed by atoms with Crippen LogP contribution in [0.1, 0.15) is 6.23 Å². The van der Waals surface area contributed by atoms with Crippen LogP contribution in [0.5, 0.6) is 11.6 Å². The van der Waals surface area contributed by atoms with Crippen LogP contribution in [0.15, 0.2) is 30.6 Å². The summed E-state index contributed by atoms with van der Waals surface area (Å²) in [6.45, 7) is -0.604. The summed E-state index contributed by atoms with van der Waals surface area (Å²) in [5, 5.41) is 30.0. The lowest BCUT2D eigenvalue weighted by atomic mass is 10.1. The van der Waals surface area contributed by atoms with Crippen LogP contribution in [-0.2, 0) is 4.74 Å². The number of rotatable bonds is 5. The Morgan fingerprint density at radius 1 is 1.34 bits per heavy atom. The maximum Gasteiger partial charge on any atom is 0.269 e. The van der Waals surface area contributed by atoms with Gasteiger partial charge < -0.3 is 25.4 Å². The highest BCUT2D eigenvalue weighted by Crippen LogP contribution is 2.35. The highest BCUT2D eigenvalue weighted by atomic mass is 19.1. The Balaban J connectivity index is 1.69. The van der Waals surface area contributed by atoms with Crippen molar-refractivity contribution in [2.45, 2.75) is 24.6 Å². The number of nitro benzene ring substituents is 1. The van der Waals surface area contributed by atoms with Gasteiger partial charge in [-0.05, 0) is 12.1 Å². The van der Waals surface area contributed by atoms with Gasteiger partial charge in [-0.2, -0.15) is 9.97 Å². The maximum absolute atomic E-state index is 14.1. The quantitative estimate of drug-likeness (QED) is 0.404. The molecule has 0 unspecified atom stereocenters. The number of alkyl halides is 1. The molecule has 1 saturated heterocycles. The van der Waals surface area contributed by atoms with Crippen molar-refractivity contribution in [2.24, 2.45) is 0 Å². The Bertz CT molecular complexity index is 1060. The van der Waals surface area contributed by atoms with E-state index in [0.717, 1.165) is 0 Å². The van der Waals surface area contributed by atoms with Crippen LogP contribution in [0.4, 0.5) is 16.0 Å². The molecule has 3 heterocycles. The van der Waals surface area contributed by atoms with Gasteiger partial charge in [-0.1, -0.05) is 0 Å². The molecule has 3 aromatic rings. The number of non-ortho nitro benzene ring substituents is 1. The van der Waals surface area contributed by atoms with E-state index in [1.54, 1.807) is 0 Å². The van der Waals surface area contributed by atoms with Crippen molar-refractivity contribution in [1.82, 2.24) is 19.5 Å². The molecule has 0 aliphatic carbocycles. The van der Waals surface area contributed by atoms with E-state index in [9.17, 15) is 24.7 Å². The number of fused-ring (bicyclic) bond motifs is 1. The Labute approximate surface area is 161 Å². The van der Waals surface area contributed by atoms with Crippen LogP contribution in [0.3, 0.4) is 0 Å². The first-order valence-corrected chi connectivity index (χ1v) is 8.40. The fourth-order valence-electron chi connectivity index (χ4n) is 3.00. The zero-order valence-electron chi connectivity index (χ0n) is 14.6. The number of hydrogen-bond acceptors (Lipinski definition) is 10. The van der Waals surface area contributed by atoms with Crippen LogP contribution in [0, 0.1) is 10.1 Å². The number of halogens is 1. The minimum absolute atomic E-state index is 0.0388. The zero-order valence-corrected chi connectivity index (χ0v) is 14.6. The topological polar surface area (TPSA) is 172 Å². The normalized spacial score (nSPS) is 24.1. The summed E-state index contributed by atoms with van der Waals surface area (Å²) < 4.78 is 26.3. The summed E-state index contributed by atoms with van der Waals surface area (Å²) in [4.78, 5) is 22.4. The molecule has 1 aliphatic heterocycles. The van der Waals surface area contributed by atoms with Gasteiger partial charge in [-0.15, -0.1) is 0 Å². The lowest BCUT2D eigenvalue weighted by Crippen LogP contribution is -2.29. The predicted octanol–water partition coefficient (Wildman–Crippen LogP) is 0.698. The molecule has 0 amide bonds. The molecule has 12 nitrogen and oxygen atoms in total. The summed E-state index contributed by atoms with van der Waals surface area (Å²) in [6, 6.07) is 5.27. The second-order valence-electron chi connectivity index (χ2n) is 6.25. The Morgan fingerprint density at radius 2 is 2.07 bits per heavy atom. The van der Waals surface area contributed by atoms with E-state index in [-0.39, 0.29) is 34.4 Å². The third kappa shape index (κ3) is 3.30. The number of imidazole rings is 1. The molecule has 0 bridgehead atoms. The highest BCUT2D eigenvalue weighted by Gasteiger charge is 2.45. The zero-order chi connectivity index (χ0) is 20.7. The maximum atomic E-state index is 14.1. The number of anilines is 1.